The van der Waals surface area contributed by atoms with Crippen LogP contribution in [0.4, 0.5) is 23.7 Å². The molecular formula is C19H23ClF3N2O4P. The fraction of sp³-hybridized carbons (Fsp3) is 0.526. The van der Waals surface area contributed by atoms with E-state index in [0.29, 0.717) is 0 Å². The monoisotopic (exact) mass is 466 g/mol. The Morgan fingerprint density at radius 2 is 1.93 bits per heavy atom. The number of carbonyl (C=O) groups is 1. The van der Waals surface area contributed by atoms with Crippen LogP contribution >= 0.6 is 19.2 Å². The first kappa shape index (κ1) is 23.1. The van der Waals surface area contributed by atoms with E-state index in [1.165, 1.54) is 24.3 Å². The molecular weight excluding hydrogens is 444 g/mol. The summed E-state index contributed by atoms with van der Waals surface area (Å²) in [6.07, 6.45) is -1.30. The zero-order chi connectivity index (χ0) is 22.2. The third kappa shape index (κ3) is 4.54. The maximum Gasteiger partial charge on any atom is 0.419 e. The number of nitrogens with zero attached hydrogens (tertiary/aromatic N) is 1. The summed E-state index contributed by atoms with van der Waals surface area (Å²) in [5.41, 5.74) is -3.05. The van der Waals surface area contributed by atoms with Crippen molar-refractivity contribution in [1.82, 2.24) is 5.32 Å². The first-order valence-electron chi connectivity index (χ1n) is 9.59. The van der Waals surface area contributed by atoms with Crippen LogP contribution in [0.1, 0.15) is 32.3 Å². The molecule has 1 aliphatic heterocycles. The summed E-state index contributed by atoms with van der Waals surface area (Å²) in [5, 5.41) is 2.16. The molecule has 2 amide bonds. The molecule has 1 aliphatic carbocycles. The molecule has 1 aromatic rings. The lowest BCUT2D eigenvalue weighted by Gasteiger charge is -2.43. The van der Waals surface area contributed by atoms with Crippen LogP contribution in [0.3, 0.4) is 0 Å². The molecule has 0 radical (unpaired) electrons. The van der Waals surface area contributed by atoms with Gasteiger partial charge in [0.15, 0.2) is 5.54 Å². The number of alkyl halides is 3. The summed E-state index contributed by atoms with van der Waals surface area (Å²) in [7, 11) is -3.76. The van der Waals surface area contributed by atoms with Crippen LogP contribution in [0.5, 0.6) is 0 Å². The minimum absolute atomic E-state index is 0.0524. The molecule has 1 aromatic carbocycles. The van der Waals surface area contributed by atoms with Crippen LogP contribution in [0.15, 0.2) is 30.4 Å². The maximum absolute atomic E-state index is 14.3. The molecule has 1 atom stereocenters. The molecule has 30 heavy (non-hydrogen) atoms. The van der Waals surface area contributed by atoms with E-state index in [4.69, 9.17) is 20.6 Å². The molecule has 0 aromatic heterocycles. The van der Waals surface area contributed by atoms with Gasteiger partial charge in [0.05, 0.1) is 18.9 Å². The quantitative estimate of drug-likeness (QED) is 0.387. The van der Waals surface area contributed by atoms with Crippen LogP contribution in [0.25, 0.3) is 0 Å². The summed E-state index contributed by atoms with van der Waals surface area (Å²) in [4.78, 5) is 13.8. The number of hydrogen-bond donors (Lipinski definition) is 1. The number of benzene rings is 1. The fourth-order valence-electron chi connectivity index (χ4n) is 3.32. The molecule has 166 valence electrons. The maximum atomic E-state index is 14.3. The molecule has 1 N–H and O–H groups in total. The van der Waals surface area contributed by atoms with Gasteiger partial charge in [0.1, 0.15) is 6.29 Å². The zero-order valence-corrected chi connectivity index (χ0v) is 18.2. The Kier molecular flexibility index (Phi) is 6.58. The highest BCUT2D eigenvalue weighted by Crippen LogP contribution is 2.53. The van der Waals surface area contributed by atoms with Gasteiger partial charge in [-0.15, -0.1) is 0 Å². The number of anilines is 1. The van der Waals surface area contributed by atoms with Crippen molar-refractivity contribution in [2.45, 2.75) is 38.4 Å². The second-order valence-corrected chi connectivity index (χ2v) is 9.57. The number of fused-ring (bicyclic) bond motifs is 1. The van der Waals surface area contributed by atoms with Gasteiger partial charge in [-0.25, -0.2) is 4.79 Å². The fourth-order valence-corrected chi connectivity index (χ4v) is 5.14. The normalized spacial score (nSPS) is 22.3. The average molecular weight is 467 g/mol. The van der Waals surface area contributed by atoms with Gasteiger partial charge in [-0.2, -0.15) is 13.2 Å². The Bertz CT molecular complexity index is 881. The van der Waals surface area contributed by atoms with Crippen molar-refractivity contribution >= 4 is 30.9 Å². The Morgan fingerprint density at radius 1 is 1.30 bits per heavy atom. The lowest BCUT2D eigenvalue weighted by atomic mass is 9.85. The smallest absolute Gasteiger partial charge is 0.316 e. The molecule has 0 unspecified atom stereocenters. The summed E-state index contributed by atoms with van der Waals surface area (Å²) in [6, 6.07) is 2.80. The van der Waals surface area contributed by atoms with Gasteiger partial charge in [-0.05, 0) is 56.9 Å². The van der Waals surface area contributed by atoms with Crippen LogP contribution < -0.4 is 10.2 Å². The van der Waals surface area contributed by atoms with Crippen molar-refractivity contribution < 1.29 is 31.6 Å². The highest BCUT2D eigenvalue weighted by Gasteiger charge is 2.60. The second-order valence-electron chi connectivity index (χ2n) is 7.11. The van der Waals surface area contributed by atoms with Crippen LogP contribution in [-0.4, -0.2) is 31.7 Å². The SMILES string of the molecule is CCOP(=O)(CN1C(=O)N[C@](C=CC2CC2)(C(F)(F)F)c2cc(Cl)ccc21)OCC. The van der Waals surface area contributed by atoms with Crippen LogP contribution in [0, 0.1) is 5.92 Å². The third-order valence-corrected chi connectivity index (χ3v) is 7.04. The van der Waals surface area contributed by atoms with E-state index in [1.54, 1.807) is 13.8 Å². The van der Waals surface area contributed by atoms with Crippen molar-refractivity contribution in [3.05, 3.63) is 40.9 Å². The van der Waals surface area contributed by atoms with Gasteiger partial charge in [-0.3, -0.25) is 9.46 Å². The number of amides is 2. The molecule has 2 aliphatic rings. The standard InChI is InChI=1S/C19H23ClF3N2O4P/c1-3-28-30(27,29-4-2)12-25-16-8-7-14(20)11-15(16)18(19(21,22)23,24-17(25)26)10-9-13-5-6-13/h7-11,13H,3-6,12H2,1-2H3,(H,24,26)/t18-/m0/s1. The summed E-state index contributed by atoms with van der Waals surface area (Å²) < 4.78 is 66.4. The molecule has 1 heterocycles. The van der Waals surface area contributed by atoms with Gasteiger partial charge in [0, 0.05) is 10.6 Å². The lowest BCUT2D eigenvalue weighted by Crippen LogP contribution is -2.62. The van der Waals surface area contributed by atoms with Crippen molar-refractivity contribution in [2.24, 2.45) is 5.92 Å². The molecule has 6 nitrogen and oxygen atoms in total. The summed E-state index contributed by atoms with van der Waals surface area (Å²) >= 11 is 6.02. The number of allylic oxidation sites excluding steroid dienone is 1. The number of carbonyl (C=O) groups excluding carboxylic acids is 1. The van der Waals surface area contributed by atoms with Crippen LogP contribution in [-0.2, 0) is 19.2 Å². The molecule has 0 spiro atoms. The molecule has 0 saturated heterocycles. The average Bonchev–Trinajstić information content (AvgIpc) is 3.46. The van der Waals surface area contributed by atoms with E-state index >= 15 is 0 Å². The zero-order valence-electron chi connectivity index (χ0n) is 16.5. The number of rotatable bonds is 8. The topological polar surface area (TPSA) is 67.9 Å². The van der Waals surface area contributed by atoms with Gasteiger partial charge < -0.3 is 14.4 Å². The van der Waals surface area contributed by atoms with E-state index in [2.05, 4.69) is 5.32 Å². The van der Waals surface area contributed by atoms with Gasteiger partial charge in [0.2, 0.25) is 0 Å². The number of halogens is 4. The Morgan fingerprint density at radius 3 is 2.47 bits per heavy atom. The molecule has 11 heteroatoms. The minimum atomic E-state index is -4.83. The van der Waals surface area contributed by atoms with Gasteiger partial charge in [0.25, 0.3) is 0 Å². The lowest BCUT2D eigenvalue weighted by molar-refractivity contribution is -0.182. The predicted molar refractivity (Wildman–Crippen MR) is 108 cm³/mol. The minimum Gasteiger partial charge on any atom is -0.316 e. The van der Waals surface area contributed by atoms with Crippen molar-refractivity contribution in [2.75, 3.05) is 24.4 Å². The van der Waals surface area contributed by atoms with Crippen LogP contribution in [0.2, 0.25) is 5.02 Å². The van der Waals surface area contributed by atoms with E-state index in [0.717, 1.165) is 23.8 Å². The number of nitrogens with one attached hydrogen (secondary N) is 1. The highest BCUT2D eigenvalue weighted by molar-refractivity contribution is 7.54. The Balaban J connectivity index is 2.12. The molecule has 1 fully saturated rings. The van der Waals surface area contributed by atoms with E-state index < -0.39 is 31.6 Å². The first-order valence-corrected chi connectivity index (χ1v) is 11.7. The van der Waals surface area contributed by atoms with E-state index in [9.17, 15) is 22.5 Å². The van der Waals surface area contributed by atoms with Gasteiger partial charge in [-0.1, -0.05) is 17.7 Å². The number of hydrogen-bond acceptors (Lipinski definition) is 4. The van der Waals surface area contributed by atoms with Gasteiger partial charge >= 0.3 is 19.8 Å². The van der Waals surface area contributed by atoms with Crippen molar-refractivity contribution in [3.63, 3.8) is 0 Å². The molecule has 1 saturated carbocycles. The largest absolute Gasteiger partial charge is 0.419 e. The Labute approximate surface area is 177 Å². The van der Waals surface area contributed by atoms with Crippen molar-refractivity contribution in [3.8, 4) is 0 Å². The second kappa shape index (κ2) is 8.54. The third-order valence-electron chi connectivity index (χ3n) is 4.88. The number of urea groups is 1. The van der Waals surface area contributed by atoms with E-state index in [-0.39, 0.29) is 35.4 Å². The Hall–Kier alpha value is -1.54. The summed E-state index contributed by atoms with van der Waals surface area (Å²) in [6.45, 7) is 3.31. The summed E-state index contributed by atoms with van der Waals surface area (Å²) in [5.74, 6) is 0.0536. The molecule has 3 rings (SSSR count). The highest BCUT2D eigenvalue weighted by atomic mass is 35.5. The van der Waals surface area contributed by atoms with Crippen molar-refractivity contribution in [1.29, 1.82) is 0 Å². The van der Waals surface area contributed by atoms with E-state index in [1.807, 2.05) is 0 Å². The predicted octanol–water partition coefficient (Wildman–Crippen LogP) is 5.82. The first-order chi connectivity index (χ1) is 14.0. The molecule has 0 bridgehead atoms.